The van der Waals surface area contributed by atoms with Crippen molar-refractivity contribution in [3.05, 3.63) is 70.1 Å². The van der Waals surface area contributed by atoms with Crippen LogP contribution in [0.2, 0.25) is 0 Å². The lowest BCUT2D eigenvalue weighted by atomic mass is 10.1. The minimum atomic E-state index is -0.503. The lowest BCUT2D eigenvalue weighted by Crippen LogP contribution is -2.46. The summed E-state index contributed by atoms with van der Waals surface area (Å²) in [5.41, 5.74) is 1.90. The molecule has 0 unspecified atom stereocenters. The number of imide groups is 1. The van der Waals surface area contributed by atoms with Crippen LogP contribution in [0.1, 0.15) is 16.7 Å². The van der Waals surface area contributed by atoms with Crippen molar-refractivity contribution >= 4 is 34.9 Å². The van der Waals surface area contributed by atoms with Gasteiger partial charge in [-0.25, -0.2) is 0 Å². The van der Waals surface area contributed by atoms with Crippen LogP contribution in [0.4, 0.5) is 4.79 Å². The molecule has 2 saturated heterocycles. The average Bonchev–Trinajstić information content (AvgIpc) is 3.11. The second kappa shape index (κ2) is 10.3. The van der Waals surface area contributed by atoms with Crippen molar-refractivity contribution < 1.29 is 23.9 Å². The van der Waals surface area contributed by atoms with Gasteiger partial charge in [-0.05, 0) is 30.0 Å². The van der Waals surface area contributed by atoms with E-state index in [1.54, 1.807) is 47.4 Å². The van der Waals surface area contributed by atoms with Crippen LogP contribution in [-0.2, 0) is 20.9 Å². The van der Waals surface area contributed by atoms with Gasteiger partial charge in [0.15, 0.2) is 0 Å². The first-order valence-electron chi connectivity index (χ1n) is 10.4. The third kappa shape index (κ3) is 5.25. The number of carbonyl (C=O) groups excluding carboxylic acids is 3. The molecule has 2 aliphatic rings. The smallest absolute Gasteiger partial charge is 0.294 e. The number of thioether (sulfide) groups is 1. The summed E-state index contributed by atoms with van der Waals surface area (Å²) in [6.45, 7) is 1.69. The number of para-hydroxylation sites is 1. The molecule has 0 bridgehead atoms. The first-order chi connectivity index (χ1) is 16.1. The van der Waals surface area contributed by atoms with Gasteiger partial charge in [-0.15, -0.1) is 0 Å². The summed E-state index contributed by atoms with van der Waals surface area (Å²) in [5.74, 6) is -0.264. The van der Waals surface area contributed by atoms with Crippen molar-refractivity contribution in [3.8, 4) is 11.8 Å². The van der Waals surface area contributed by atoms with E-state index in [9.17, 15) is 19.6 Å². The molecule has 33 heavy (non-hydrogen) atoms. The quantitative estimate of drug-likeness (QED) is 0.607. The molecule has 0 aliphatic carbocycles. The predicted octanol–water partition coefficient (Wildman–Crippen LogP) is 3.03. The molecule has 0 saturated carbocycles. The van der Waals surface area contributed by atoms with Gasteiger partial charge in [0.1, 0.15) is 18.9 Å². The van der Waals surface area contributed by atoms with Crippen LogP contribution in [-0.4, -0.2) is 59.7 Å². The number of benzene rings is 2. The molecule has 0 aromatic heterocycles. The summed E-state index contributed by atoms with van der Waals surface area (Å²) < 4.78 is 11.2. The van der Waals surface area contributed by atoms with E-state index in [-0.39, 0.29) is 24.0 Å². The number of nitriles is 1. The Bertz CT molecular complexity index is 1150. The molecule has 2 aromatic carbocycles. The molecule has 2 heterocycles. The average molecular weight is 464 g/mol. The first-order valence-corrected chi connectivity index (χ1v) is 11.2. The van der Waals surface area contributed by atoms with Gasteiger partial charge >= 0.3 is 0 Å². The minimum absolute atomic E-state index is 0.185. The number of ether oxygens (including phenoxy) is 2. The Morgan fingerprint density at radius 1 is 1.12 bits per heavy atom. The Hall–Kier alpha value is -3.61. The third-order valence-corrected chi connectivity index (χ3v) is 6.16. The van der Waals surface area contributed by atoms with E-state index in [2.05, 4.69) is 6.07 Å². The second-order valence-electron chi connectivity index (χ2n) is 7.36. The molecule has 0 spiro atoms. The molecule has 2 fully saturated rings. The Kier molecular flexibility index (Phi) is 7.07. The zero-order valence-corrected chi connectivity index (χ0v) is 18.5. The molecule has 2 aliphatic heterocycles. The molecule has 9 heteroatoms. The van der Waals surface area contributed by atoms with E-state index in [4.69, 9.17) is 9.47 Å². The molecule has 168 valence electrons. The second-order valence-corrected chi connectivity index (χ2v) is 8.35. The van der Waals surface area contributed by atoms with E-state index in [1.165, 1.54) is 0 Å². The molecular formula is C24H21N3O5S. The zero-order valence-electron chi connectivity index (χ0n) is 17.7. The van der Waals surface area contributed by atoms with E-state index < -0.39 is 11.1 Å². The van der Waals surface area contributed by atoms with Crippen LogP contribution >= 0.6 is 11.8 Å². The van der Waals surface area contributed by atoms with Crippen molar-refractivity contribution in [2.45, 2.75) is 6.61 Å². The van der Waals surface area contributed by atoms with Crippen molar-refractivity contribution in [2.75, 3.05) is 32.8 Å². The van der Waals surface area contributed by atoms with Crippen molar-refractivity contribution in [2.24, 2.45) is 0 Å². The Morgan fingerprint density at radius 3 is 2.64 bits per heavy atom. The molecule has 3 amide bonds. The highest BCUT2D eigenvalue weighted by molar-refractivity contribution is 8.18. The maximum Gasteiger partial charge on any atom is 0.294 e. The summed E-state index contributed by atoms with van der Waals surface area (Å²) in [4.78, 5) is 40.6. The Balaban J connectivity index is 1.47. The van der Waals surface area contributed by atoms with Gasteiger partial charge in [0.2, 0.25) is 5.91 Å². The van der Waals surface area contributed by atoms with Crippen molar-refractivity contribution in [3.63, 3.8) is 0 Å². The van der Waals surface area contributed by atoms with E-state index in [1.807, 2.05) is 12.1 Å². The zero-order chi connectivity index (χ0) is 23.2. The number of hydrogen-bond donors (Lipinski definition) is 0. The SMILES string of the molecule is N#Cc1ccccc1COc1ccccc1/C=C1/SC(=O)N(CC(=O)N2CCOCC2)C1=O. The molecule has 0 atom stereocenters. The summed E-state index contributed by atoms with van der Waals surface area (Å²) in [6, 6.07) is 16.4. The Labute approximate surface area is 195 Å². The standard InChI is InChI=1S/C24H21N3O5S/c25-14-18-6-1-2-7-19(18)16-32-20-8-4-3-5-17(20)13-21-23(29)27(24(30)33-21)15-22(28)26-9-11-31-12-10-26/h1-8,13H,9-12,15-16H2/b21-13+. The summed E-state index contributed by atoms with van der Waals surface area (Å²) in [7, 11) is 0. The number of rotatable bonds is 6. The van der Waals surface area contributed by atoms with E-state index in [0.717, 1.165) is 22.2 Å². The van der Waals surface area contributed by atoms with Gasteiger partial charge in [-0.3, -0.25) is 19.3 Å². The van der Waals surface area contributed by atoms with Crippen LogP contribution in [0.25, 0.3) is 6.08 Å². The van der Waals surface area contributed by atoms with Crippen LogP contribution in [0.3, 0.4) is 0 Å². The number of amides is 3. The monoisotopic (exact) mass is 463 g/mol. The maximum absolute atomic E-state index is 12.9. The highest BCUT2D eigenvalue weighted by atomic mass is 32.2. The van der Waals surface area contributed by atoms with Gasteiger partial charge in [0, 0.05) is 24.2 Å². The first kappa shape index (κ1) is 22.6. The largest absolute Gasteiger partial charge is 0.488 e. The van der Waals surface area contributed by atoms with Crippen molar-refractivity contribution in [1.82, 2.24) is 9.80 Å². The van der Waals surface area contributed by atoms with Crippen LogP contribution in [0.5, 0.6) is 5.75 Å². The molecule has 0 radical (unpaired) electrons. The van der Waals surface area contributed by atoms with Crippen LogP contribution in [0.15, 0.2) is 53.4 Å². The highest BCUT2D eigenvalue weighted by Gasteiger charge is 2.37. The van der Waals surface area contributed by atoms with Gasteiger partial charge in [0.25, 0.3) is 11.1 Å². The lowest BCUT2D eigenvalue weighted by Gasteiger charge is -2.28. The molecular weight excluding hydrogens is 442 g/mol. The lowest BCUT2D eigenvalue weighted by molar-refractivity contribution is -0.139. The van der Waals surface area contributed by atoms with Crippen LogP contribution < -0.4 is 4.74 Å². The summed E-state index contributed by atoms with van der Waals surface area (Å²) in [5, 5.41) is 8.78. The molecule has 0 N–H and O–H groups in total. The molecule has 8 nitrogen and oxygen atoms in total. The number of morpholine rings is 1. The van der Waals surface area contributed by atoms with Gasteiger partial charge in [0.05, 0.1) is 29.8 Å². The van der Waals surface area contributed by atoms with E-state index in [0.29, 0.717) is 43.2 Å². The fourth-order valence-electron chi connectivity index (χ4n) is 3.47. The van der Waals surface area contributed by atoms with Crippen molar-refractivity contribution in [1.29, 1.82) is 5.26 Å². The van der Waals surface area contributed by atoms with Gasteiger partial charge in [-0.1, -0.05) is 36.4 Å². The van der Waals surface area contributed by atoms with Gasteiger partial charge < -0.3 is 14.4 Å². The number of carbonyl (C=O) groups is 3. The highest BCUT2D eigenvalue weighted by Crippen LogP contribution is 2.34. The van der Waals surface area contributed by atoms with E-state index >= 15 is 0 Å². The summed E-state index contributed by atoms with van der Waals surface area (Å²) >= 11 is 0.799. The van der Waals surface area contributed by atoms with Crippen LogP contribution in [0, 0.1) is 11.3 Å². The Morgan fingerprint density at radius 2 is 1.85 bits per heavy atom. The maximum atomic E-state index is 12.9. The fourth-order valence-corrected chi connectivity index (χ4v) is 4.30. The molecule has 2 aromatic rings. The minimum Gasteiger partial charge on any atom is -0.488 e. The topological polar surface area (TPSA) is 99.9 Å². The number of hydrogen-bond acceptors (Lipinski definition) is 7. The number of nitrogens with zero attached hydrogens (tertiary/aromatic N) is 3. The predicted molar refractivity (Wildman–Crippen MR) is 122 cm³/mol. The third-order valence-electron chi connectivity index (χ3n) is 5.26. The fraction of sp³-hybridized carbons (Fsp3) is 0.250. The summed E-state index contributed by atoms with van der Waals surface area (Å²) in [6.07, 6.45) is 1.59. The van der Waals surface area contributed by atoms with Gasteiger partial charge in [-0.2, -0.15) is 5.26 Å². The molecule has 4 rings (SSSR count). The normalized spacial score (nSPS) is 17.4.